The van der Waals surface area contributed by atoms with Crippen LogP contribution in [0.3, 0.4) is 0 Å². The fraction of sp³-hybridized carbons (Fsp3) is 0.346. The first-order valence-electron chi connectivity index (χ1n) is 11.1. The van der Waals surface area contributed by atoms with E-state index in [0.717, 1.165) is 35.6 Å². The van der Waals surface area contributed by atoms with E-state index < -0.39 is 6.09 Å². The Morgan fingerprint density at radius 2 is 1.82 bits per heavy atom. The molecule has 0 saturated heterocycles. The summed E-state index contributed by atoms with van der Waals surface area (Å²) in [5.41, 5.74) is 4.39. The second kappa shape index (κ2) is 10.3. The van der Waals surface area contributed by atoms with Crippen LogP contribution in [0.5, 0.6) is 0 Å². The van der Waals surface area contributed by atoms with Gasteiger partial charge in [0, 0.05) is 37.0 Å². The van der Waals surface area contributed by atoms with Crippen LogP contribution in [0.25, 0.3) is 6.08 Å². The molecule has 3 rings (SSSR count). The number of allylic oxidation sites excluding steroid dienone is 1. The lowest BCUT2D eigenvalue weighted by Gasteiger charge is -2.31. The number of hydrogen-bond donors (Lipinski definition) is 3. The van der Waals surface area contributed by atoms with Gasteiger partial charge in [0.25, 0.3) is 5.91 Å². The number of nitrogens with one attached hydrogen (secondary N) is 2. The predicted octanol–water partition coefficient (Wildman–Crippen LogP) is 4.05. The summed E-state index contributed by atoms with van der Waals surface area (Å²) >= 11 is 0. The van der Waals surface area contributed by atoms with Gasteiger partial charge < -0.3 is 20.6 Å². The van der Waals surface area contributed by atoms with Crippen molar-refractivity contribution in [2.45, 2.75) is 26.8 Å². The van der Waals surface area contributed by atoms with Crippen LogP contribution >= 0.6 is 0 Å². The number of carbonyl (C=O) groups is 2. The van der Waals surface area contributed by atoms with E-state index in [4.69, 9.17) is 10.1 Å². The fourth-order valence-corrected chi connectivity index (χ4v) is 3.62. The molecule has 174 valence electrons. The molecule has 1 unspecified atom stereocenters. The second-order valence-electron chi connectivity index (χ2n) is 9.24. The highest BCUT2D eigenvalue weighted by Gasteiger charge is 2.27. The van der Waals surface area contributed by atoms with E-state index in [2.05, 4.69) is 34.7 Å². The van der Waals surface area contributed by atoms with Gasteiger partial charge >= 0.3 is 6.09 Å². The minimum absolute atomic E-state index is 0.143. The summed E-state index contributed by atoms with van der Waals surface area (Å²) in [5.74, 6) is -0.234. The van der Waals surface area contributed by atoms with E-state index in [1.807, 2.05) is 57.2 Å². The molecular formula is C26H32N4O3. The summed E-state index contributed by atoms with van der Waals surface area (Å²) in [6.07, 6.45) is 2.90. The standard InChI is InChI=1S/C26H32N4O3/c1-26(2,3)23(17-28-25(32)33)29-24(31)19-12-9-18(10-13-19)11-14-21-20-7-5-6-8-22(20)30(4)16-15-27-21/h5-14,23,28H,15-17H2,1-4H3,(H,29,31)(H,32,33)/b14-11+. The molecule has 0 fully saturated rings. The number of hydrogen-bond acceptors (Lipinski definition) is 4. The van der Waals surface area contributed by atoms with Gasteiger partial charge in [0.2, 0.25) is 0 Å². The van der Waals surface area contributed by atoms with E-state index in [-0.39, 0.29) is 23.9 Å². The highest BCUT2D eigenvalue weighted by atomic mass is 16.4. The summed E-state index contributed by atoms with van der Waals surface area (Å²) < 4.78 is 0. The Balaban J connectivity index is 1.70. The first-order valence-corrected chi connectivity index (χ1v) is 11.1. The third-order valence-electron chi connectivity index (χ3n) is 5.72. The SMILES string of the molecule is CN1CCN=C(/C=C/c2ccc(C(=O)NC(CNC(=O)O)C(C)(C)C)cc2)c2ccccc21. The first kappa shape index (κ1) is 24.0. The van der Waals surface area contributed by atoms with E-state index in [1.165, 1.54) is 0 Å². The van der Waals surface area contributed by atoms with Gasteiger partial charge in [-0.1, -0.05) is 57.2 Å². The quantitative estimate of drug-likeness (QED) is 0.621. The lowest BCUT2D eigenvalue weighted by atomic mass is 9.86. The lowest BCUT2D eigenvalue weighted by Crippen LogP contribution is -2.50. The maximum absolute atomic E-state index is 12.7. The molecule has 0 bridgehead atoms. The van der Waals surface area contributed by atoms with Crippen LogP contribution in [0.4, 0.5) is 10.5 Å². The van der Waals surface area contributed by atoms with Gasteiger partial charge in [-0.3, -0.25) is 9.79 Å². The highest BCUT2D eigenvalue weighted by Crippen LogP contribution is 2.23. The Bertz CT molecular complexity index is 1050. The van der Waals surface area contributed by atoms with Gasteiger partial charge in [-0.05, 0) is 35.3 Å². The molecule has 1 aliphatic rings. The van der Waals surface area contributed by atoms with Crippen LogP contribution in [-0.2, 0) is 0 Å². The molecule has 2 amide bonds. The van der Waals surface area contributed by atoms with Crippen molar-refractivity contribution in [3.63, 3.8) is 0 Å². The Kier molecular flexibility index (Phi) is 7.53. The van der Waals surface area contributed by atoms with Crippen molar-refractivity contribution in [3.05, 3.63) is 71.3 Å². The minimum atomic E-state index is -1.11. The van der Waals surface area contributed by atoms with Crippen molar-refractivity contribution in [2.75, 3.05) is 31.6 Å². The molecule has 0 saturated carbocycles. The van der Waals surface area contributed by atoms with Crippen LogP contribution < -0.4 is 15.5 Å². The molecule has 0 spiro atoms. The van der Waals surface area contributed by atoms with Crippen LogP contribution in [0.1, 0.15) is 42.3 Å². The van der Waals surface area contributed by atoms with Crippen molar-refractivity contribution in [2.24, 2.45) is 10.4 Å². The number of amides is 2. The summed E-state index contributed by atoms with van der Waals surface area (Å²) in [7, 11) is 2.08. The van der Waals surface area contributed by atoms with E-state index in [9.17, 15) is 9.59 Å². The molecule has 0 aromatic heterocycles. The monoisotopic (exact) mass is 448 g/mol. The number of carboxylic acid groups (broad SMARTS) is 1. The third kappa shape index (κ3) is 6.44. The largest absolute Gasteiger partial charge is 0.465 e. The summed E-state index contributed by atoms with van der Waals surface area (Å²) in [4.78, 5) is 30.6. The predicted molar refractivity (Wildman–Crippen MR) is 133 cm³/mol. The number of anilines is 1. The molecular weight excluding hydrogens is 416 g/mol. The number of fused-ring (bicyclic) bond motifs is 1. The minimum Gasteiger partial charge on any atom is -0.465 e. The van der Waals surface area contributed by atoms with Gasteiger partial charge in [-0.2, -0.15) is 0 Å². The number of para-hydroxylation sites is 1. The molecule has 1 aliphatic heterocycles. The Morgan fingerprint density at radius 1 is 1.12 bits per heavy atom. The maximum Gasteiger partial charge on any atom is 0.404 e. The molecule has 3 N–H and O–H groups in total. The average Bonchev–Trinajstić information content (AvgIpc) is 2.93. The zero-order valence-corrected chi connectivity index (χ0v) is 19.6. The normalized spacial score (nSPS) is 14.8. The highest BCUT2D eigenvalue weighted by molar-refractivity contribution is 6.14. The Labute approximate surface area is 195 Å². The van der Waals surface area contributed by atoms with Gasteiger partial charge in [0.1, 0.15) is 0 Å². The molecule has 7 nitrogen and oxygen atoms in total. The first-order chi connectivity index (χ1) is 15.6. The second-order valence-corrected chi connectivity index (χ2v) is 9.24. The van der Waals surface area contributed by atoms with Crippen LogP contribution in [0.2, 0.25) is 0 Å². The number of nitrogens with zero attached hydrogens (tertiary/aromatic N) is 2. The molecule has 0 aliphatic carbocycles. The van der Waals surface area contributed by atoms with E-state index in [0.29, 0.717) is 5.56 Å². The molecule has 1 heterocycles. The van der Waals surface area contributed by atoms with Crippen LogP contribution in [-0.4, -0.2) is 55.5 Å². The van der Waals surface area contributed by atoms with Crippen molar-refractivity contribution < 1.29 is 14.7 Å². The number of likely N-dealkylation sites (N-methyl/N-ethyl adjacent to an activating group) is 1. The van der Waals surface area contributed by atoms with Crippen molar-refractivity contribution >= 4 is 29.5 Å². The smallest absolute Gasteiger partial charge is 0.404 e. The number of rotatable bonds is 6. The summed E-state index contributed by atoms with van der Waals surface area (Å²) in [6.45, 7) is 7.63. The van der Waals surface area contributed by atoms with Crippen LogP contribution in [0, 0.1) is 5.41 Å². The number of benzene rings is 2. The van der Waals surface area contributed by atoms with Crippen molar-refractivity contribution in [1.29, 1.82) is 0 Å². The average molecular weight is 449 g/mol. The summed E-state index contributed by atoms with van der Waals surface area (Å²) in [6, 6.07) is 15.2. The van der Waals surface area contributed by atoms with Crippen LogP contribution in [0.15, 0.2) is 59.6 Å². The van der Waals surface area contributed by atoms with Gasteiger partial charge in [0.15, 0.2) is 0 Å². The van der Waals surface area contributed by atoms with E-state index in [1.54, 1.807) is 12.1 Å². The molecule has 7 heteroatoms. The van der Waals surface area contributed by atoms with E-state index >= 15 is 0 Å². The third-order valence-corrected chi connectivity index (χ3v) is 5.72. The van der Waals surface area contributed by atoms with Crippen molar-refractivity contribution in [1.82, 2.24) is 10.6 Å². The molecule has 33 heavy (non-hydrogen) atoms. The molecule has 0 radical (unpaired) electrons. The number of benzodiazepines with no additional fused rings is 1. The van der Waals surface area contributed by atoms with Gasteiger partial charge in [-0.25, -0.2) is 4.79 Å². The van der Waals surface area contributed by atoms with Gasteiger partial charge in [0.05, 0.1) is 18.3 Å². The number of aliphatic imine (C=N–C) groups is 1. The maximum atomic E-state index is 12.7. The van der Waals surface area contributed by atoms with Crippen molar-refractivity contribution in [3.8, 4) is 0 Å². The zero-order valence-electron chi connectivity index (χ0n) is 19.6. The molecule has 1 atom stereocenters. The molecule has 2 aromatic carbocycles. The van der Waals surface area contributed by atoms with Gasteiger partial charge in [-0.15, -0.1) is 0 Å². The fourth-order valence-electron chi connectivity index (χ4n) is 3.62. The Morgan fingerprint density at radius 3 is 2.48 bits per heavy atom. The zero-order chi connectivity index (χ0) is 24.0. The Hall–Kier alpha value is -3.61. The number of carbonyl (C=O) groups excluding carboxylic acids is 1. The molecule has 2 aromatic rings. The summed E-state index contributed by atoms with van der Waals surface area (Å²) in [5, 5.41) is 14.2. The topological polar surface area (TPSA) is 94.0 Å². The lowest BCUT2D eigenvalue weighted by molar-refractivity contribution is 0.0899.